The Bertz CT molecular complexity index is 197. The predicted molar refractivity (Wildman–Crippen MR) is 51.1 cm³/mol. The van der Waals surface area contributed by atoms with E-state index in [2.05, 4.69) is 4.90 Å². The number of amides is 1. The highest BCUT2D eigenvalue weighted by molar-refractivity contribution is 5.80. The zero-order valence-corrected chi connectivity index (χ0v) is 8.04. The van der Waals surface area contributed by atoms with Crippen LogP contribution in [-0.4, -0.2) is 29.9 Å². The molecule has 3 heteroatoms. The fraction of sp³-hybridized carbons (Fsp3) is 0.900. The van der Waals surface area contributed by atoms with Gasteiger partial charge in [-0.2, -0.15) is 0 Å². The van der Waals surface area contributed by atoms with E-state index in [1.807, 2.05) is 0 Å². The maximum absolute atomic E-state index is 11.8. The average Bonchev–Trinajstić information content (AvgIpc) is 2.18. The third-order valence-electron chi connectivity index (χ3n) is 3.37. The van der Waals surface area contributed by atoms with Gasteiger partial charge in [-0.25, -0.2) is 0 Å². The first-order chi connectivity index (χ1) is 6.33. The second-order valence-electron chi connectivity index (χ2n) is 4.18. The predicted octanol–water partition coefficient (Wildman–Crippen LogP) is 0.736. The summed E-state index contributed by atoms with van der Waals surface area (Å²) in [4.78, 5) is 13.9. The van der Waals surface area contributed by atoms with Gasteiger partial charge in [0.15, 0.2) is 0 Å². The zero-order chi connectivity index (χ0) is 9.26. The highest BCUT2D eigenvalue weighted by Gasteiger charge is 2.39. The maximum atomic E-state index is 11.8. The van der Waals surface area contributed by atoms with E-state index in [9.17, 15) is 4.79 Å². The molecular formula is C10H18N2O. The normalized spacial score (nSPS) is 32.7. The number of hydrogen-bond donors (Lipinski definition) is 1. The molecule has 0 unspecified atom stereocenters. The minimum Gasteiger partial charge on any atom is -0.339 e. The summed E-state index contributed by atoms with van der Waals surface area (Å²) in [5.41, 5.74) is 5.45. The van der Waals surface area contributed by atoms with Gasteiger partial charge in [-0.1, -0.05) is 0 Å². The highest BCUT2D eigenvalue weighted by Crippen LogP contribution is 2.35. The Morgan fingerprint density at radius 3 is 2.54 bits per heavy atom. The first kappa shape index (κ1) is 9.00. The summed E-state index contributed by atoms with van der Waals surface area (Å²) in [6.45, 7) is 1.58. The monoisotopic (exact) mass is 182 g/mol. The van der Waals surface area contributed by atoms with Crippen molar-refractivity contribution in [2.24, 2.45) is 11.7 Å². The lowest BCUT2D eigenvalue weighted by Crippen LogP contribution is -2.52. The van der Waals surface area contributed by atoms with Crippen molar-refractivity contribution >= 4 is 5.91 Å². The van der Waals surface area contributed by atoms with Gasteiger partial charge in [0.1, 0.15) is 0 Å². The van der Waals surface area contributed by atoms with Crippen LogP contribution in [0.5, 0.6) is 0 Å². The molecular weight excluding hydrogens is 164 g/mol. The topological polar surface area (TPSA) is 46.3 Å². The SMILES string of the molecule is NCCCN1C(=O)C2CCC1CC2. The molecule has 13 heavy (non-hydrogen) atoms. The number of carbonyl (C=O) groups is 1. The Morgan fingerprint density at radius 1 is 1.31 bits per heavy atom. The molecule has 1 aliphatic carbocycles. The summed E-state index contributed by atoms with van der Waals surface area (Å²) in [6.07, 6.45) is 5.65. The molecule has 3 rings (SSSR count). The smallest absolute Gasteiger partial charge is 0.225 e. The van der Waals surface area contributed by atoms with Gasteiger partial charge in [-0.15, -0.1) is 0 Å². The van der Waals surface area contributed by atoms with Crippen molar-refractivity contribution in [3.05, 3.63) is 0 Å². The van der Waals surface area contributed by atoms with E-state index < -0.39 is 0 Å². The van der Waals surface area contributed by atoms with E-state index in [1.54, 1.807) is 0 Å². The van der Waals surface area contributed by atoms with Gasteiger partial charge >= 0.3 is 0 Å². The van der Waals surface area contributed by atoms with Crippen molar-refractivity contribution < 1.29 is 4.79 Å². The van der Waals surface area contributed by atoms with E-state index in [4.69, 9.17) is 5.73 Å². The van der Waals surface area contributed by atoms with Crippen LogP contribution in [0.4, 0.5) is 0 Å². The lowest BCUT2D eigenvalue weighted by Gasteiger charge is -2.44. The Kier molecular flexibility index (Phi) is 2.54. The molecule has 3 nitrogen and oxygen atoms in total. The van der Waals surface area contributed by atoms with Gasteiger partial charge in [-0.3, -0.25) is 4.79 Å². The Balaban J connectivity index is 1.97. The molecule has 2 saturated heterocycles. The number of nitrogens with two attached hydrogens (primary N) is 1. The molecule has 2 heterocycles. The molecule has 3 aliphatic rings. The molecule has 2 bridgehead atoms. The van der Waals surface area contributed by atoms with E-state index in [0.29, 0.717) is 24.4 Å². The van der Waals surface area contributed by atoms with Crippen LogP contribution in [-0.2, 0) is 4.79 Å². The second-order valence-corrected chi connectivity index (χ2v) is 4.18. The van der Waals surface area contributed by atoms with Crippen LogP contribution in [0.3, 0.4) is 0 Å². The third-order valence-corrected chi connectivity index (χ3v) is 3.37. The van der Waals surface area contributed by atoms with Gasteiger partial charge < -0.3 is 10.6 Å². The summed E-state index contributed by atoms with van der Waals surface area (Å²) in [6, 6.07) is 0.545. The van der Waals surface area contributed by atoms with Crippen LogP contribution < -0.4 is 5.73 Å². The van der Waals surface area contributed by atoms with Gasteiger partial charge in [0, 0.05) is 18.5 Å². The average molecular weight is 182 g/mol. The first-order valence-electron chi connectivity index (χ1n) is 5.33. The van der Waals surface area contributed by atoms with Crippen LogP contribution in [0.25, 0.3) is 0 Å². The summed E-state index contributed by atoms with van der Waals surface area (Å²) >= 11 is 0. The molecule has 1 amide bonds. The highest BCUT2D eigenvalue weighted by atomic mass is 16.2. The first-order valence-corrected chi connectivity index (χ1v) is 5.33. The Hall–Kier alpha value is -0.570. The van der Waals surface area contributed by atoms with Crippen molar-refractivity contribution in [1.29, 1.82) is 0 Å². The molecule has 0 atom stereocenters. The molecule has 0 aromatic carbocycles. The summed E-state index contributed by atoms with van der Waals surface area (Å²) < 4.78 is 0. The summed E-state index contributed by atoms with van der Waals surface area (Å²) in [5.74, 6) is 0.749. The van der Waals surface area contributed by atoms with E-state index in [-0.39, 0.29) is 0 Å². The number of piperidine rings is 2. The van der Waals surface area contributed by atoms with Gasteiger partial charge in [0.25, 0.3) is 0 Å². The van der Waals surface area contributed by atoms with Gasteiger partial charge in [0.2, 0.25) is 5.91 Å². The molecule has 1 saturated carbocycles. The van der Waals surface area contributed by atoms with Crippen molar-refractivity contribution in [3.63, 3.8) is 0 Å². The quantitative estimate of drug-likeness (QED) is 0.699. The molecule has 3 fully saturated rings. The minimum atomic E-state index is 0.350. The van der Waals surface area contributed by atoms with Crippen LogP contribution in [0.2, 0.25) is 0 Å². The maximum Gasteiger partial charge on any atom is 0.225 e. The molecule has 2 aliphatic heterocycles. The second kappa shape index (κ2) is 3.66. The minimum absolute atomic E-state index is 0.350. The molecule has 2 N–H and O–H groups in total. The van der Waals surface area contributed by atoms with E-state index in [1.165, 1.54) is 12.8 Å². The lowest BCUT2D eigenvalue weighted by molar-refractivity contribution is -0.146. The van der Waals surface area contributed by atoms with Crippen LogP contribution >= 0.6 is 0 Å². The summed E-state index contributed by atoms with van der Waals surface area (Å²) in [7, 11) is 0. The van der Waals surface area contributed by atoms with Crippen molar-refractivity contribution in [3.8, 4) is 0 Å². The number of hydrogen-bond acceptors (Lipinski definition) is 2. The third kappa shape index (κ3) is 1.57. The largest absolute Gasteiger partial charge is 0.339 e. The number of rotatable bonds is 3. The van der Waals surface area contributed by atoms with Crippen LogP contribution in [0.1, 0.15) is 32.1 Å². The number of nitrogens with zero attached hydrogens (tertiary/aromatic N) is 1. The van der Waals surface area contributed by atoms with E-state index >= 15 is 0 Å². The summed E-state index contributed by atoms with van der Waals surface area (Å²) in [5, 5.41) is 0. The Labute approximate surface area is 79.3 Å². The Morgan fingerprint density at radius 2 is 2.00 bits per heavy atom. The van der Waals surface area contributed by atoms with E-state index in [0.717, 1.165) is 25.8 Å². The van der Waals surface area contributed by atoms with Crippen molar-refractivity contribution in [2.75, 3.05) is 13.1 Å². The molecule has 0 aromatic heterocycles. The lowest BCUT2D eigenvalue weighted by atomic mass is 9.79. The van der Waals surface area contributed by atoms with Gasteiger partial charge in [0.05, 0.1) is 0 Å². The number of fused-ring (bicyclic) bond motifs is 3. The van der Waals surface area contributed by atoms with Gasteiger partial charge in [-0.05, 0) is 38.6 Å². The van der Waals surface area contributed by atoms with Crippen LogP contribution in [0.15, 0.2) is 0 Å². The standard InChI is InChI=1S/C10H18N2O/c11-6-1-7-12-9-4-2-8(3-5-9)10(12)13/h8-9H,1-7,11H2. The molecule has 0 spiro atoms. The number of carbonyl (C=O) groups excluding carboxylic acids is 1. The van der Waals surface area contributed by atoms with Crippen LogP contribution in [0, 0.1) is 5.92 Å². The molecule has 0 aromatic rings. The van der Waals surface area contributed by atoms with Crippen molar-refractivity contribution in [1.82, 2.24) is 4.90 Å². The zero-order valence-electron chi connectivity index (χ0n) is 8.04. The fourth-order valence-corrected chi connectivity index (χ4v) is 2.60. The molecule has 0 radical (unpaired) electrons. The molecule has 74 valence electrons. The fourth-order valence-electron chi connectivity index (χ4n) is 2.60. The van der Waals surface area contributed by atoms with Crippen molar-refractivity contribution in [2.45, 2.75) is 38.1 Å².